The summed E-state index contributed by atoms with van der Waals surface area (Å²) in [6.45, 7) is 1.10. The predicted molar refractivity (Wildman–Crippen MR) is 70.3 cm³/mol. The number of halogens is 1. The van der Waals surface area contributed by atoms with Crippen LogP contribution < -0.4 is 10.6 Å². The maximum atomic E-state index is 10.9. The third kappa shape index (κ3) is 2.36. The average molecular weight is 332 g/mol. The van der Waals surface area contributed by atoms with Gasteiger partial charge in [0.05, 0.1) is 6.10 Å². The Kier molecular flexibility index (Phi) is 3.78. The molecule has 1 aliphatic rings. The molecule has 1 saturated heterocycles. The largest absolute Gasteiger partial charge is 0.345 e. The fourth-order valence-corrected chi connectivity index (χ4v) is 2.12. The van der Waals surface area contributed by atoms with E-state index in [1.807, 2.05) is 29.2 Å². The van der Waals surface area contributed by atoms with E-state index in [-0.39, 0.29) is 6.10 Å². The molecule has 4 nitrogen and oxygen atoms in total. The Morgan fingerprint density at radius 2 is 2.19 bits per heavy atom. The van der Waals surface area contributed by atoms with E-state index < -0.39 is 6.23 Å². The van der Waals surface area contributed by atoms with Crippen LogP contribution in [0.4, 0.5) is 5.69 Å². The minimum atomic E-state index is -0.506. The predicted octanol–water partition coefficient (Wildman–Crippen LogP) is 0.980. The van der Waals surface area contributed by atoms with E-state index in [0.717, 1.165) is 12.0 Å². The van der Waals surface area contributed by atoms with Gasteiger partial charge in [-0.3, -0.25) is 4.79 Å². The van der Waals surface area contributed by atoms with E-state index in [2.05, 4.69) is 22.6 Å². The number of nitrogens with two attached hydrogens (primary N) is 1. The molecule has 2 atom stereocenters. The number of rotatable bonds is 3. The van der Waals surface area contributed by atoms with Gasteiger partial charge in [0.2, 0.25) is 0 Å². The van der Waals surface area contributed by atoms with E-state index in [1.54, 1.807) is 0 Å². The lowest BCUT2D eigenvalue weighted by molar-refractivity contribution is -0.117. The summed E-state index contributed by atoms with van der Waals surface area (Å²) in [5.74, 6) is 0. The molecule has 0 spiro atoms. The highest BCUT2D eigenvalue weighted by molar-refractivity contribution is 14.1. The van der Waals surface area contributed by atoms with Crippen LogP contribution >= 0.6 is 22.6 Å². The first-order valence-corrected chi connectivity index (χ1v) is 6.15. The lowest BCUT2D eigenvalue weighted by Crippen LogP contribution is -2.31. The molecule has 1 heterocycles. The number of carbonyl (C=O) groups is 1. The molecule has 0 aliphatic carbocycles. The van der Waals surface area contributed by atoms with Gasteiger partial charge in [-0.25, -0.2) is 0 Å². The van der Waals surface area contributed by atoms with Gasteiger partial charge in [0.15, 0.2) is 12.5 Å². The number of benzene rings is 1. The highest BCUT2D eigenvalue weighted by Crippen LogP contribution is 2.24. The smallest absolute Gasteiger partial charge is 0.187 e. The zero-order valence-electron chi connectivity index (χ0n) is 8.67. The summed E-state index contributed by atoms with van der Waals surface area (Å²) in [5, 5.41) is 0. The summed E-state index contributed by atoms with van der Waals surface area (Å²) < 4.78 is 6.65. The third-order valence-electron chi connectivity index (χ3n) is 2.58. The SMILES string of the molecule is NCC1CN(c2ccc(I)cc2)C(C=O)O1. The molecule has 86 valence electrons. The van der Waals surface area contributed by atoms with E-state index in [9.17, 15) is 4.79 Å². The average Bonchev–Trinajstić information content (AvgIpc) is 2.73. The van der Waals surface area contributed by atoms with Crippen LogP contribution in [-0.2, 0) is 9.53 Å². The Balaban J connectivity index is 2.19. The van der Waals surface area contributed by atoms with Crippen LogP contribution in [0.1, 0.15) is 0 Å². The molecule has 2 N–H and O–H groups in total. The van der Waals surface area contributed by atoms with E-state index in [0.29, 0.717) is 13.1 Å². The minimum Gasteiger partial charge on any atom is -0.345 e. The molecular formula is C11H13IN2O2. The van der Waals surface area contributed by atoms with Gasteiger partial charge in [0.25, 0.3) is 0 Å². The van der Waals surface area contributed by atoms with Crippen molar-refractivity contribution in [2.24, 2.45) is 5.73 Å². The molecule has 1 aromatic carbocycles. The maximum absolute atomic E-state index is 10.9. The van der Waals surface area contributed by atoms with Crippen LogP contribution in [0.3, 0.4) is 0 Å². The zero-order chi connectivity index (χ0) is 11.5. The third-order valence-corrected chi connectivity index (χ3v) is 3.30. The zero-order valence-corrected chi connectivity index (χ0v) is 10.8. The second-order valence-electron chi connectivity index (χ2n) is 3.65. The number of carbonyl (C=O) groups excluding carboxylic acids is 1. The van der Waals surface area contributed by atoms with Gasteiger partial charge >= 0.3 is 0 Å². The second kappa shape index (κ2) is 5.11. The molecule has 1 fully saturated rings. The van der Waals surface area contributed by atoms with Crippen molar-refractivity contribution >= 4 is 34.6 Å². The van der Waals surface area contributed by atoms with Gasteiger partial charge in [-0.2, -0.15) is 0 Å². The van der Waals surface area contributed by atoms with Crippen molar-refractivity contribution in [3.05, 3.63) is 27.8 Å². The fraction of sp³-hybridized carbons (Fsp3) is 0.364. The Morgan fingerprint density at radius 3 is 2.75 bits per heavy atom. The fourth-order valence-electron chi connectivity index (χ4n) is 1.76. The first-order valence-electron chi connectivity index (χ1n) is 5.07. The molecule has 0 bridgehead atoms. The molecule has 1 aliphatic heterocycles. The van der Waals surface area contributed by atoms with Gasteiger partial charge in [-0.15, -0.1) is 0 Å². The number of ether oxygens (including phenoxy) is 1. The highest BCUT2D eigenvalue weighted by Gasteiger charge is 2.31. The van der Waals surface area contributed by atoms with Gasteiger partial charge in [0.1, 0.15) is 0 Å². The summed E-state index contributed by atoms with van der Waals surface area (Å²) >= 11 is 2.25. The van der Waals surface area contributed by atoms with Crippen molar-refractivity contribution in [2.45, 2.75) is 12.3 Å². The number of hydrogen-bond acceptors (Lipinski definition) is 4. The van der Waals surface area contributed by atoms with Crippen molar-refractivity contribution in [3.63, 3.8) is 0 Å². The summed E-state index contributed by atoms with van der Waals surface area (Å²) in [6.07, 6.45) is 0.247. The van der Waals surface area contributed by atoms with Crippen LogP contribution in [0.25, 0.3) is 0 Å². The number of aldehydes is 1. The molecule has 2 unspecified atom stereocenters. The standard InChI is InChI=1S/C11H13IN2O2/c12-8-1-3-9(4-2-8)14-6-10(5-13)16-11(14)7-15/h1-4,7,10-11H,5-6,13H2. The summed E-state index contributed by atoms with van der Waals surface area (Å²) in [6, 6.07) is 7.99. The van der Waals surface area contributed by atoms with Crippen LogP contribution in [0.5, 0.6) is 0 Å². The first kappa shape index (κ1) is 11.8. The summed E-state index contributed by atoms with van der Waals surface area (Å²) in [4.78, 5) is 12.8. The first-order chi connectivity index (χ1) is 7.74. The van der Waals surface area contributed by atoms with E-state index in [1.165, 1.54) is 3.57 Å². The van der Waals surface area contributed by atoms with Crippen molar-refractivity contribution in [3.8, 4) is 0 Å². The summed E-state index contributed by atoms with van der Waals surface area (Å²) in [7, 11) is 0. The lowest BCUT2D eigenvalue weighted by atomic mass is 10.2. The van der Waals surface area contributed by atoms with E-state index in [4.69, 9.17) is 10.5 Å². The Morgan fingerprint density at radius 1 is 1.50 bits per heavy atom. The number of nitrogens with zero attached hydrogens (tertiary/aromatic N) is 1. The number of hydrogen-bond donors (Lipinski definition) is 1. The normalized spacial score (nSPS) is 24.8. The Hall–Kier alpha value is -0.660. The molecule has 0 amide bonds. The molecule has 0 aromatic heterocycles. The van der Waals surface area contributed by atoms with E-state index >= 15 is 0 Å². The van der Waals surface area contributed by atoms with Crippen LogP contribution in [0, 0.1) is 3.57 Å². The Bertz CT molecular complexity index is 369. The molecule has 0 radical (unpaired) electrons. The van der Waals surface area contributed by atoms with Crippen LogP contribution in [-0.4, -0.2) is 31.7 Å². The highest BCUT2D eigenvalue weighted by atomic mass is 127. The van der Waals surface area contributed by atoms with Gasteiger partial charge in [-0.05, 0) is 46.9 Å². The molecule has 16 heavy (non-hydrogen) atoms. The monoisotopic (exact) mass is 332 g/mol. The lowest BCUT2D eigenvalue weighted by Gasteiger charge is -2.20. The van der Waals surface area contributed by atoms with Crippen molar-refractivity contribution in [2.75, 3.05) is 18.0 Å². The van der Waals surface area contributed by atoms with Crippen molar-refractivity contribution in [1.82, 2.24) is 0 Å². The molecule has 0 saturated carbocycles. The second-order valence-corrected chi connectivity index (χ2v) is 4.89. The van der Waals surface area contributed by atoms with Crippen LogP contribution in [0.2, 0.25) is 0 Å². The van der Waals surface area contributed by atoms with Gasteiger partial charge < -0.3 is 15.4 Å². The molecule has 1 aromatic rings. The van der Waals surface area contributed by atoms with Crippen LogP contribution in [0.15, 0.2) is 24.3 Å². The molecule has 5 heteroatoms. The molecule has 2 rings (SSSR count). The quantitative estimate of drug-likeness (QED) is 0.662. The van der Waals surface area contributed by atoms with Gasteiger partial charge in [-0.1, -0.05) is 0 Å². The van der Waals surface area contributed by atoms with Crippen molar-refractivity contribution < 1.29 is 9.53 Å². The topological polar surface area (TPSA) is 55.6 Å². The maximum Gasteiger partial charge on any atom is 0.187 e. The van der Waals surface area contributed by atoms with Gasteiger partial charge in [0, 0.05) is 22.3 Å². The number of anilines is 1. The Labute approximate surface area is 108 Å². The summed E-state index contributed by atoms with van der Waals surface area (Å²) in [5.41, 5.74) is 6.54. The minimum absolute atomic E-state index is 0.0607. The van der Waals surface area contributed by atoms with Crippen molar-refractivity contribution in [1.29, 1.82) is 0 Å². The molecular weight excluding hydrogens is 319 g/mol.